The summed E-state index contributed by atoms with van der Waals surface area (Å²) in [4.78, 5) is 25.9. The third kappa shape index (κ3) is 4.41. The number of piperidine rings is 1. The summed E-state index contributed by atoms with van der Waals surface area (Å²) in [6, 6.07) is 14.4. The molecule has 1 fully saturated rings. The molecule has 7 nitrogen and oxygen atoms in total. The number of carbonyl (C=O) groups excluding carboxylic acids is 2. The fraction of sp³-hybridized carbons (Fsp3) is 0.333. The number of aromatic nitrogens is 1. The second-order valence-corrected chi connectivity index (χ2v) is 9.80. The van der Waals surface area contributed by atoms with E-state index in [1.165, 1.54) is 10.2 Å². The Hall–Kier alpha value is -3.13. The summed E-state index contributed by atoms with van der Waals surface area (Å²) in [6.45, 7) is 3.57. The largest absolute Gasteiger partial charge is 0.466 e. The molecular formula is C24H26N2O5S. The summed E-state index contributed by atoms with van der Waals surface area (Å²) in [7, 11) is -3.70. The normalized spacial score (nSPS) is 15.1. The highest BCUT2D eigenvalue weighted by atomic mass is 32.2. The summed E-state index contributed by atoms with van der Waals surface area (Å²) < 4.78 is 32.5. The van der Waals surface area contributed by atoms with Crippen LogP contribution in [0.4, 0.5) is 5.69 Å². The average molecular weight is 455 g/mol. The average Bonchev–Trinajstić information content (AvgIpc) is 3.19. The molecule has 0 bridgehead atoms. The molecule has 32 heavy (non-hydrogen) atoms. The predicted octanol–water partition coefficient (Wildman–Crippen LogP) is 3.61. The van der Waals surface area contributed by atoms with Gasteiger partial charge < -0.3 is 9.64 Å². The van der Waals surface area contributed by atoms with Gasteiger partial charge in [0.15, 0.2) is 6.29 Å². The molecule has 1 saturated heterocycles. The number of hydrogen-bond donors (Lipinski definition) is 0. The molecule has 0 aliphatic carbocycles. The van der Waals surface area contributed by atoms with E-state index in [-0.39, 0.29) is 17.6 Å². The standard InChI is InChI=1S/C24H26N2O5S/c1-2-31-24(28)19-10-12-25(13-11-19)21-8-9-23-22(14-21)20(16-27)15-26(23)32(29,30)17-18-6-4-3-5-7-18/h3-9,14-16,19H,2,10-13,17H2,1H3. The van der Waals surface area contributed by atoms with E-state index in [0.29, 0.717) is 60.9 Å². The van der Waals surface area contributed by atoms with Crippen molar-refractivity contribution in [3.05, 3.63) is 65.9 Å². The Morgan fingerprint density at radius 2 is 1.84 bits per heavy atom. The Balaban J connectivity index is 1.60. The minimum atomic E-state index is -3.70. The lowest BCUT2D eigenvalue weighted by atomic mass is 9.96. The molecule has 1 aliphatic heterocycles. The number of fused-ring (bicyclic) bond motifs is 1. The first-order valence-corrected chi connectivity index (χ1v) is 12.3. The van der Waals surface area contributed by atoms with Crippen molar-refractivity contribution in [3.63, 3.8) is 0 Å². The molecule has 0 spiro atoms. The molecule has 1 aliphatic rings. The number of hydrogen-bond acceptors (Lipinski definition) is 6. The van der Waals surface area contributed by atoms with E-state index in [9.17, 15) is 18.0 Å². The van der Waals surface area contributed by atoms with Gasteiger partial charge in [0.05, 0.1) is 23.8 Å². The zero-order chi connectivity index (χ0) is 22.7. The monoisotopic (exact) mass is 454 g/mol. The second-order valence-electron chi connectivity index (χ2n) is 7.95. The lowest BCUT2D eigenvalue weighted by molar-refractivity contribution is -0.148. The van der Waals surface area contributed by atoms with Gasteiger partial charge in [0.1, 0.15) is 0 Å². The highest BCUT2D eigenvalue weighted by Crippen LogP contribution is 2.30. The molecule has 0 unspecified atom stereocenters. The van der Waals surface area contributed by atoms with Gasteiger partial charge in [-0.2, -0.15) is 0 Å². The van der Waals surface area contributed by atoms with Crippen molar-refractivity contribution < 1.29 is 22.7 Å². The van der Waals surface area contributed by atoms with Crippen molar-refractivity contribution in [2.75, 3.05) is 24.6 Å². The number of carbonyl (C=O) groups is 2. The number of nitrogens with zero attached hydrogens (tertiary/aromatic N) is 2. The number of benzene rings is 2. The van der Waals surface area contributed by atoms with Crippen LogP contribution in [-0.4, -0.2) is 44.3 Å². The van der Waals surface area contributed by atoms with E-state index in [1.54, 1.807) is 37.3 Å². The molecule has 2 aromatic carbocycles. The molecule has 3 aromatic rings. The van der Waals surface area contributed by atoms with Gasteiger partial charge in [0.25, 0.3) is 0 Å². The fourth-order valence-electron chi connectivity index (χ4n) is 4.22. The number of aldehydes is 1. The first-order valence-electron chi connectivity index (χ1n) is 10.7. The van der Waals surface area contributed by atoms with Crippen LogP contribution in [0.2, 0.25) is 0 Å². The van der Waals surface area contributed by atoms with Gasteiger partial charge in [-0.15, -0.1) is 0 Å². The van der Waals surface area contributed by atoms with Crippen LogP contribution in [0.3, 0.4) is 0 Å². The number of anilines is 1. The quantitative estimate of drug-likeness (QED) is 0.400. The summed E-state index contributed by atoms with van der Waals surface area (Å²) in [5.41, 5.74) is 2.40. The highest BCUT2D eigenvalue weighted by molar-refractivity contribution is 7.89. The molecule has 0 amide bonds. The van der Waals surface area contributed by atoms with E-state index in [0.717, 1.165) is 5.69 Å². The Morgan fingerprint density at radius 1 is 1.12 bits per heavy atom. The van der Waals surface area contributed by atoms with Crippen LogP contribution in [0.15, 0.2) is 54.7 Å². The van der Waals surface area contributed by atoms with Crippen LogP contribution >= 0.6 is 0 Å². The topological polar surface area (TPSA) is 85.7 Å². The van der Waals surface area contributed by atoms with Gasteiger partial charge in [-0.1, -0.05) is 30.3 Å². The van der Waals surface area contributed by atoms with Gasteiger partial charge in [-0.25, -0.2) is 12.4 Å². The third-order valence-electron chi connectivity index (χ3n) is 5.88. The van der Waals surface area contributed by atoms with Gasteiger partial charge >= 0.3 is 5.97 Å². The Labute approximate surface area is 187 Å². The van der Waals surface area contributed by atoms with Crippen LogP contribution in [0.5, 0.6) is 0 Å². The van der Waals surface area contributed by atoms with Crippen molar-refractivity contribution >= 4 is 38.9 Å². The molecule has 2 heterocycles. The van der Waals surface area contributed by atoms with Crippen molar-refractivity contribution in [1.82, 2.24) is 3.97 Å². The lowest BCUT2D eigenvalue weighted by Gasteiger charge is -2.32. The summed E-state index contributed by atoms with van der Waals surface area (Å²) in [6.07, 6.45) is 3.48. The molecule has 1 aromatic heterocycles. The minimum Gasteiger partial charge on any atom is -0.466 e. The molecule has 0 N–H and O–H groups in total. The van der Waals surface area contributed by atoms with Gasteiger partial charge in [-0.3, -0.25) is 9.59 Å². The van der Waals surface area contributed by atoms with Crippen molar-refractivity contribution in [2.24, 2.45) is 5.92 Å². The predicted molar refractivity (Wildman–Crippen MR) is 123 cm³/mol. The third-order valence-corrected chi connectivity index (χ3v) is 7.48. The second kappa shape index (κ2) is 9.16. The lowest BCUT2D eigenvalue weighted by Crippen LogP contribution is -2.36. The van der Waals surface area contributed by atoms with E-state index in [4.69, 9.17) is 4.74 Å². The number of rotatable bonds is 7. The van der Waals surface area contributed by atoms with Gasteiger partial charge in [0.2, 0.25) is 10.0 Å². The first kappa shape index (κ1) is 22.1. The Bertz CT molecular complexity index is 1230. The van der Waals surface area contributed by atoms with E-state index in [1.807, 2.05) is 18.2 Å². The van der Waals surface area contributed by atoms with Crippen LogP contribution in [-0.2, 0) is 25.3 Å². The number of esters is 1. The SMILES string of the molecule is CCOC(=O)C1CCN(c2ccc3c(c2)c(C=O)cn3S(=O)(=O)Cc2ccccc2)CC1. The Morgan fingerprint density at radius 3 is 2.50 bits per heavy atom. The maximum absolute atomic E-state index is 13.1. The van der Waals surface area contributed by atoms with Crippen LogP contribution in [0, 0.1) is 5.92 Å². The molecule has 168 valence electrons. The zero-order valence-electron chi connectivity index (χ0n) is 17.9. The van der Waals surface area contributed by atoms with Crippen LogP contribution in [0.25, 0.3) is 10.9 Å². The zero-order valence-corrected chi connectivity index (χ0v) is 18.8. The van der Waals surface area contributed by atoms with E-state index < -0.39 is 10.0 Å². The van der Waals surface area contributed by atoms with Gasteiger partial charge in [-0.05, 0) is 43.5 Å². The summed E-state index contributed by atoms with van der Waals surface area (Å²) in [5.74, 6) is -0.393. The van der Waals surface area contributed by atoms with Gasteiger partial charge in [0, 0.05) is 35.9 Å². The molecule has 4 rings (SSSR count). The maximum Gasteiger partial charge on any atom is 0.309 e. The molecule has 0 radical (unpaired) electrons. The maximum atomic E-state index is 13.1. The molecule has 0 atom stereocenters. The summed E-state index contributed by atoms with van der Waals surface area (Å²) >= 11 is 0. The Kier molecular flexibility index (Phi) is 6.32. The van der Waals surface area contributed by atoms with Crippen molar-refractivity contribution in [3.8, 4) is 0 Å². The molecule has 8 heteroatoms. The van der Waals surface area contributed by atoms with Crippen molar-refractivity contribution in [2.45, 2.75) is 25.5 Å². The number of ether oxygens (including phenoxy) is 1. The highest BCUT2D eigenvalue weighted by Gasteiger charge is 2.27. The first-order chi connectivity index (χ1) is 15.4. The summed E-state index contributed by atoms with van der Waals surface area (Å²) in [5, 5.41) is 0.599. The smallest absolute Gasteiger partial charge is 0.309 e. The van der Waals surface area contributed by atoms with E-state index in [2.05, 4.69) is 4.90 Å². The van der Waals surface area contributed by atoms with Crippen LogP contribution in [0.1, 0.15) is 35.7 Å². The van der Waals surface area contributed by atoms with Crippen molar-refractivity contribution in [1.29, 1.82) is 0 Å². The van der Waals surface area contributed by atoms with E-state index >= 15 is 0 Å². The van der Waals surface area contributed by atoms with Crippen LogP contribution < -0.4 is 4.90 Å². The molecular weight excluding hydrogens is 428 g/mol. The molecule has 0 saturated carbocycles. The fourth-order valence-corrected chi connectivity index (χ4v) is 5.71. The minimum absolute atomic E-state index is 0.0929.